The fourth-order valence-corrected chi connectivity index (χ4v) is 1.20. The molecule has 0 spiro atoms. The van der Waals surface area contributed by atoms with Crippen LogP contribution in [0.25, 0.3) is 5.69 Å². The summed E-state index contributed by atoms with van der Waals surface area (Å²) in [5.41, 5.74) is 6.22. The van der Waals surface area contributed by atoms with Gasteiger partial charge in [-0.05, 0) is 24.3 Å². The Kier molecular flexibility index (Phi) is 2.24. The number of rotatable bonds is 2. The molecule has 0 aliphatic carbocycles. The Morgan fingerprint density at radius 1 is 1.29 bits per heavy atom. The van der Waals surface area contributed by atoms with Crippen molar-refractivity contribution >= 4 is 0 Å². The van der Waals surface area contributed by atoms with Crippen LogP contribution in [0.15, 0.2) is 30.6 Å². The monoisotopic (exact) mass is 192 g/mol. The van der Waals surface area contributed by atoms with Gasteiger partial charge in [-0.2, -0.15) is 5.10 Å². The van der Waals surface area contributed by atoms with Crippen LogP contribution in [0.1, 0.15) is 5.82 Å². The highest BCUT2D eigenvalue weighted by Gasteiger charge is 2.03. The molecule has 14 heavy (non-hydrogen) atoms. The minimum Gasteiger partial charge on any atom is -0.324 e. The maximum Gasteiger partial charge on any atom is 0.145 e. The quantitative estimate of drug-likeness (QED) is 0.767. The van der Waals surface area contributed by atoms with Crippen LogP contribution >= 0.6 is 0 Å². The van der Waals surface area contributed by atoms with E-state index >= 15 is 0 Å². The third kappa shape index (κ3) is 1.49. The summed E-state index contributed by atoms with van der Waals surface area (Å²) in [5.74, 6) is 0.375. The highest BCUT2D eigenvalue weighted by atomic mass is 19.1. The molecule has 0 fully saturated rings. The molecule has 0 aliphatic heterocycles. The van der Waals surface area contributed by atoms with Crippen molar-refractivity contribution in [1.29, 1.82) is 0 Å². The molecule has 4 nitrogen and oxygen atoms in total. The van der Waals surface area contributed by atoms with Crippen LogP contribution in [0.5, 0.6) is 0 Å². The molecule has 0 atom stereocenters. The molecule has 0 bridgehead atoms. The van der Waals surface area contributed by atoms with Gasteiger partial charge in [0.1, 0.15) is 18.0 Å². The Bertz CT molecular complexity index is 421. The van der Waals surface area contributed by atoms with E-state index in [2.05, 4.69) is 10.1 Å². The fourth-order valence-electron chi connectivity index (χ4n) is 1.20. The lowest BCUT2D eigenvalue weighted by Crippen LogP contribution is -2.07. The third-order valence-corrected chi connectivity index (χ3v) is 1.87. The van der Waals surface area contributed by atoms with Crippen LogP contribution in [-0.4, -0.2) is 14.8 Å². The SMILES string of the molecule is NCc1ncnn1-c1ccc(F)cc1. The topological polar surface area (TPSA) is 56.7 Å². The lowest BCUT2D eigenvalue weighted by molar-refractivity contribution is 0.626. The molecular formula is C9H9FN4. The van der Waals surface area contributed by atoms with Gasteiger partial charge in [-0.25, -0.2) is 14.1 Å². The maximum absolute atomic E-state index is 12.6. The Labute approximate surface area is 80.2 Å². The molecular weight excluding hydrogens is 183 g/mol. The average molecular weight is 192 g/mol. The summed E-state index contributed by atoms with van der Waals surface area (Å²) in [6, 6.07) is 6.00. The number of nitrogens with two attached hydrogens (primary N) is 1. The van der Waals surface area contributed by atoms with Gasteiger partial charge < -0.3 is 5.73 Å². The van der Waals surface area contributed by atoms with Crippen LogP contribution in [0, 0.1) is 5.82 Å². The van der Waals surface area contributed by atoms with Crippen LogP contribution in [0.3, 0.4) is 0 Å². The number of nitrogens with zero attached hydrogens (tertiary/aromatic N) is 3. The molecule has 0 amide bonds. The van der Waals surface area contributed by atoms with E-state index in [1.165, 1.54) is 18.5 Å². The Balaban J connectivity index is 2.44. The van der Waals surface area contributed by atoms with E-state index in [0.29, 0.717) is 12.4 Å². The molecule has 0 unspecified atom stereocenters. The molecule has 2 rings (SSSR count). The number of benzene rings is 1. The zero-order valence-corrected chi connectivity index (χ0v) is 7.39. The summed E-state index contributed by atoms with van der Waals surface area (Å²) < 4.78 is 14.2. The Morgan fingerprint density at radius 3 is 2.64 bits per heavy atom. The summed E-state index contributed by atoms with van der Waals surface area (Å²) in [6.07, 6.45) is 1.42. The van der Waals surface area contributed by atoms with Crippen LogP contribution < -0.4 is 5.73 Å². The molecule has 2 aromatic rings. The lowest BCUT2D eigenvalue weighted by Gasteiger charge is -2.03. The van der Waals surface area contributed by atoms with Gasteiger partial charge >= 0.3 is 0 Å². The van der Waals surface area contributed by atoms with Gasteiger partial charge in [0.2, 0.25) is 0 Å². The molecule has 72 valence electrons. The first-order chi connectivity index (χ1) is 6.81. The van der Waals surface area contributed by atoms with E-state index in [4.69, 9.17) is 5.73 Å². The van der Waals surface area contributed by atoms with Gasteiger partial charge in [-0.1, -0.05) is 0 Å². The summed E-state index contributed by atoms with van der Waals surface area (Å²) >= 11 is 0. The molecule has 5 heteroatoms. The van der Waals surface area contributed by atoms with Gasteiger partial charge in [0.05, 0.1) is 12.2 Å². The van der Waals surface area contributed by atoms with Crippen molar-refractivity contribution in [3.8, 4) is 5.69 Å². The maximum atomic E-state index is 12.6. The molecule has 1 aromatic heterocycles. The van der Waals surface area contributed by atoms with E-state index in [0.717, 1.165) is 5.69 Å². The number of halogens is 1. The standard InChI is InChI=1S/C9H9FN4/c10-7-1-3-8(4-2-7)14-9(5-11)12-6-13-14/h1-4,6H,5,11H2. The lowest BCUT2D eigenvalue weighted by atomic mass is 10.3. The average Bonchev–Trinajstić information content (AvgIpc) is 2.67. The highest BCUT2D eigenvalue weighted by Crippen LogP contribution is 2.08. The molecule has 0 radical (unpaired) electrons. The van der Waals surface area contributed by atoms with Crippen molar-refractivity contribution in [2.24, 2.45) is 5.73 Å². The predicted molar refractivity (Wildman–Crippen MR) is 49.2 cm³/mol. The zero-order chi connectivity index (χ0) is 9.97. The second-order valence-electron chi connectivity index (χ2n) is 2.77. The number of aromatic nitrogens is 3. The summed E-state index contributed by atoms with van der Waals surface area (Å²) in [5, 5.41) is 3.99. The first-order valence-corrected chi connectivity index (χ1v) is 4.16. The molecule has 0 saturated carbocycles. The van der Waals surface area contributed by atoms with Crippen molar-refractivity contribution in [1.82, 2.24) is 14.8 Å². The Morgan fingerprint density at radius 2 is 2.00 bits per heavy atom. The molecule has 1 aromatic carbocycles. The first kappa shape index (κ1) is 8.83. The van der Waals surface area contributed by atoms with Gasteiger partial charge in [-0.3, -0.25) is 0 Å². The van der Waals surface area contributed by atoms with E-state index in [1.54, 1.807) is 16.8 Å². The largest absolute Gasteiger partial charge is 0.324 e. The van der Waals surface area contributed by atoms with Gasteiger partial charge in [0.25, 0.3) is 0 Å². The van der Waals surface area contributed by atoms with Crippen molar-refractivity contribution < 1.29 is 4.39 Å². The van der Waals surface area contributed by atoms with Crippen molar-refractivity contribution in [2.45, 2.75) is 6.54 Å². The van der Waals surface area contributed by atoms with E-state index < -0.39 is 0 Å². The van der Waals surface area contributed by atoms with E-state index in [-0.39, 0.29) is 5.82 Å². The summed E-state index contributed by atoms with van der Waals surface area (Å²) in [7, 11) is 0. The smallest absolute Gasteiger partial charge is 0.145 e. The molecule has 2 N–H and O–H groups in total. The summed E-state index contributed by atoms with van der Waals surface area (Å²) in [6.45, 7) is 0.303. The zero-order valence-electron chi connectivity index (χ0n) is 7.39. The molecule has 0 saturated heterocycles. The van der Waals surface area contributed by atoms with E-state index in [9.17, 15) is 4.39 Å². The Hall–Kier alpha value is -1.75. The predicted octanol–water partition coefficient (Wildman–Crippen LogP) is 0.865. The number of hydrogen-bond donors (Lipinski definition) is 1. The molecule has 1 heterocycles. The fraction of sp³-hybridized carbons (Fsp3) is 0.111. The van der Waals surface area contributed by atoms with Crippen molar-refractivity contribution in [3.05, 3.63) is 42.2 Å². The minimum atomic E-state index is -0.275. The van der Waals surface area contributed by atoms with E-state index in [1.807, 2.05) is 0 Å². The van der Waals surface area contributed by atoms with Gasteiger partial charge in [0.15, 0.2) is 0 Å². The highest BCUT2D eigenvalue weighted by molar-refractivity contribution is 5.31. The summed E-state index contributed by atoms with van der Waals surface area (Å²) in [4.78, 5) is 3.97. The first-order valence-electron chi connectivity index (χ1n) is 4.16. The molecule has 0 aliphatic rings. The second kappa shape index (κ2) is 3.55. The van der Waals surface area contributed by atoms with Crippen molar-refractivity contribution in [3.63, 3.8) is 0 Å². The normalized spacial score (nSPS) is 10.4. The minimum absolute atomic E-state index is 0.275. The van der Waals surface area contributed by atoms with Crippen LogP contribution in [0.2, 0.25) is 0 Å². The van der Waals surface area contributed by atoms with Crippen LogP contribution in [0.4, 0.5) is 4.39 Å². The second-order valence-corrected chi connectivity index (χ2v) is 2.77. The van der Waals surface area contributed by atoms with Gasteiger partial charge in [0, 0.05) is 0 Å². The van der Waals surface area contributed by atoms with Crippen LogP contribution in [-0.2, 0) is 6.54 Å². The van der Waals surface area contributed by atoms with Crippen molar-refractivity contribution in [2.75, 3.05) is 0 Å². The van der Waals surface area contributed by atoms with Gasteiger partial charge in [-0.15, -0.1) is 0 Å². The third-order valence-electron chi connectivity index (χ3n) is 1.87. The number of hydrogen-bond acceptors (Lipinski definition) is 3.